The number of likely N-dealkylation sites (tertiary alicyclic amines) is 1. The maximum atomic E-state index is 4.15. The van der Waals surface area contributed by atoms with Crippen molar-refractivity contribution in [2.75, 3.05) is 6.54 Å². The summed E-state index contributed by atoms with van der Waals surface area (Å²) in [6, 6.07) is 1.13. The lowest BCUT2D eigenvalue weighted by atomic mass is 9.90. The van der Waals surface area contributed by atoms with Crippen molar-refractivity contribution in [3.05, 3.63) is 5.82 Å². The normalized spacial score (nSPS) is 27.1. The van der Waals surface area contributed by atoms with Gasteiger partial charge < -0.3 is 0 Å². The number of nitrogens with one attached hydrogen (secondary N) is 1. The van der Waals surface area contributed by atoms with Gasteiger partial charge in [0.15, 0.2) is 5.82 Å². The van der Waals surface area contributed by atoms with E-state index in [1.165, 1.54) is 0 Å². The zero-order valence-electron chi connectivity index (χ0n) is 10.5. The van der Waals surface area contributed by atoms with Crippen LogP contribution in [-0.4, -0.2) is 44.2 Å². The largest absolute Gasteiger partial charge is 0.297 e. The third-order valence-electron chi connectivity index (χ3n) is 3.53. The maximum absolute atomic E-state index is 4.15. The predicted molar refractivity (Wildman–Crippen MR) is 62.0 cm³/mol. The molecule has 5 nitrogen and oxygen atoms in total. The molecule has 0 spiro atoms. The monoisotopic (exact) mass is 223 g/mol. The van der Waals surface area contributed by atoms with Crippen LogP contribution >= 0.6 is 0 Å². The first-order valence-electron chi connectivity index (χ1n) is 6.10. The first-order chi connectivity index (χ1) is 7.61. The van der Waals surface area contributed by atoms with Gasteiger partial charge in [-0.05, 0) is 32.7 Å². The fraction of sp³-hybridized carbons (Fsp3) is 0.909. The van der Waals surface area contributed by atoms with Crippen molar-refractivity contribution in [2.45, 2.75) is 52.1 Å². The van der Waals surface area contributed by atoms with Crippen LogP contribution in [0.4, 0.5) is 0 Å². The van der Waals surface area contributed by atoms with Gasteiger partial charge in [-0.3, -0.25) is 4.90 Å². The summed E-state index contributed by atoms with van der Waals surface area (Å²) in [7, 11) is 0. The number of tetrazole rings is 1. The fourth-order valence-corrected chi connectivity index (χ4v) is 2.90. The zero-order valence-corrected chi connectivity index (χ0v) is 10.5. The molecular formula is C11H21N5. The Hall–Kier alpha value is -0.970. The van der Waals surface area contributed by atoms with E-state index in [2.05, 4.69) is 53.2 Å². The number of rotatable bonds is 3. The van der Waals surface area contributed by atoms with Crippen molar-refractivity contribution in [1.82, 2.24) is 25.5 Å². The molecule has 1 aliphatic rings. The summed E-state index contributed by atoms with van der Waals surface area (Å²) in [6.45, 7) is 10.2. The number of aromatic amines is 1. The van der Waals surface area contributed by atoms with E-state index >= 15 is 0 Å². The summed E-state index contributed by atoms with van der Waals surface area (Å²) in [5.41, 5.74) is 0. The van der Waals surface area contributed by atoms with Crippen LogP contribution in [0.15, 0.2) is 0 Å². The third-order valence-corrected chi connectivity index (χ3v) is 3.53. The van der Waals surface area contributed by atoms with Crippen LogP contribution in [0.1, 0.15) is 45.9 Å². The van der Waals surface area contributed by atoms with E-state index < -0.39 is 0 Å². The summed E-state index contributed by atoms with van der Waals surface area (Å²) in [5, 5.41) is 14.5. The summed E-state index contributed by atoms with van der Waals surface area (Å²) in [5.74, 6) is 1.93. The van der Waals surface area contributed by atoms with Gasteiger partial charge in [-0.1, -0.05) is 19.1 Å². The lowest BCUT2D eigenvalue weighted by molar-refractivity contribution is 0.155. The second-order valence-electron chi connectivity index (χ2n) is 5.23. The molecule has 1 fully saturated rings. The van der Waals surface area contributed by atoms with Gasteiger partial charge in [0.2, 0.25) is 0 Å². The molecule has 2 rings (SSSR count). The van der Waals surface area contributed by atoms with Gasteiger partial charge in [0.1, 0.15) is 0 Å². The van der Waals surface area contributed by atoms with E-state index in [9.17, 15) is 0 Å². The van der Waals surface area contributed by atoms with Crippen LogP contribution in [-0.2, 0) is 0 Å². The van der Waals surface area contributed by atoms with Crippen LogP contribution in [0.5, 0.6) is 0 Å². The molecule has 1 aromatic heterocycles. The Balaban J connectivity index is 2.21. The summed E-state index contributed by atoms with van der Waals surface area (Å²) >= 11 is 0. The number of hydrogen-bond acceptors (Lipinski definition) is 4. The van der Waals surface area contributed by atoms with Gasteiger partial charge >= 0.3 is 0 Å². The average molecular weight is 223 g/mol. The smallest absolute Gasteiger partial charge is 0.179 e. The number of H-pyrrole nitrogens is 1. The SMILES string of the molecule is CC(C)C1C(c2nn[nH]n2)CCN1C(C)C. The average Bonchev–Trinajstić information content (AvgIpc) is 2.85. The Morgan fingerprint density at radius 2 is 2.06 bits per heavy atom. The van der Waals surface area contributed by atoms with Gasteiger partial charge in [-0.15, -0.1) is 10.2 Å². The van der Waals surface area contributed by atoms with Gasteiger partial charge in [-0.25, -0.2) is 0 Å². The molecule has 0 bridgehead atoms. The quantitative estimate of drug-likeness (QED) is 0.842. The molecular weight excluding hydrogens is 202 g/mol. The number of hydrogen-bond donors (Lipinski definition) is 1. The molecule has 1 saturated heterocycles. The summed E-state index contributed by atoms with van der Waals surface area (Å²) in [4.78, 5) is 2.56. The topological polar surface area (TPSA) is 57.7 Å². The lowest BCUT2D eigenvalue weighted by Crippen LogP contribution is -2.40. The van der Waals surface area contributed by atoms with E-state index in [1.54, 1.807) is 0 Å². The second-order valence-corrected chi connectivity index (χ2v) is 5.23. The molecule has 1 N–H and O–H groups in total. The Kier molecular flexibility index (Phi) is 3.23. The van der Waals surface area contributed by atoms with Crippen molar-refractivity contribution in [3.8, 4) is 0 Å². The van der Waals surface area contributed by atoms with E-state index in [4.69, 9.17) is 0 Å². The molecule has 0 amide bonds. The first-order valence-corrected chi connectivity index (χ1v) is 6.10. The highest BCUT2D eigenvalue weighted by Crippen LogP contribution is 2.36. The molecule has 0 aliphatic carbocycles. The molecule has 2 unspecified atom stereocenters. The first kappa shape index (κ1) is 11.5. The van der Waals surface area contributed by atoms with E-state index in [0.29, 0.717) is 23.9 Å². The van der Waals surface area contributed by atoms with Gasteiger partial charge in [0.25, 0.3) is 0 Å². The van der Waals surface area contributed by atoms with E-state index in [0.717, 1.165) is 18.8 Å². The molecule has 16 heavy (non-hydrogen) atoms. The van der Waals surface area contributed by atoms with Gasteiger partial charge in [0, 0.05) is 18.0 Å². The minimum absolute atomic E-state index is 0.432. The van der Waals surface area contributed by atoms with Crippen LogP contribution in [0.2, 0.25) is 0 Å². The molecule has 1 aromatic rings. The van der Waals surface area contributed by atoms with Crippen LogP contribution < -0.4 is 0 Å². The highest BCUT2D eigenvalue weighted by Gasteiger charge is 2.40. The molecule has 0 radical (unpaired) electrons. The zero-order chi connectivity index (χ0) is 11.7. The standard InChI is InChI=1S/C11H21N5/c1-7(2)10-9(11-12-14-15-13-11)5-6-16(10)8(3)4/h7-10H,5-6H2,1-4H3,(H,12,13,14,15). The Labute approximate surface area is 96.6 Å². The van der Waals surface area contributed by atoms with E-state index in [1.807, 2.05) is 0 Å². The molecule has 2 heterocycles. The molecule has 0 aromatic carbocycles. The molecule has 5 heteroatoms. The van der Waals surface area contributed by atoms with Crippen LogP contribution in [0.3, 0.4) is 0 Å². The predicted octanol–water partition coefficient (Wildman–Crippen LogP) is 1.42. The Morgan fingerprint density at radius 3 is 2.56 bits per heavy atom. The van der Waals surface area contributed by atoms with Crippen molar-refractivity contribution in [2.24, 2.45) is 5.92 Å². The second kappa shape index (κ2) is 4.49. The Morgan fingerprint density at radius 1 is 1.31 bits per heavy atom. The van der Waals surface area contributed by atoms with Crippen molar-refractivity contribution < 1.29 is 0 Å². The van der Waals surface area contributed by atoms with Gasteiger partial charge in [0.05, 0.1) is 0 Å². The Bertz CT molecular complexity index is 319. The van der Waals surface area contributed by atoms with Crippen LogP contribution in [0, 0.1) is 5.92 Å². The maximum Gasteiger partial charge on any atom is 0.179 e. The van der Waals surface area contributed by atoms with Crippen molar-refractivity contribution in [3.63, 3.8) is 0 Å². The molecule has 2 atom stereocenters. The van der Waals surface area contributed by atoms with E-state index in [-0.39, 0.29) is 0 Å². The summed E-state index contributed by atoms with van der Waals surface area (Å²) in [6.07, 6.45) is 1.14. The minimum Gasteiger partial charge on any atom is -0.297 e. The van der Waals surface area contributed by atoms with Crippen molar-refractivity contribution in [1.29, 1.82) is 0 Å². The number of nitrogens with zero attached hydrogens (tertiary/aromatic N) is 4. The molecule has 90 valence electrons. The summed E-state index contributed by atoms with van der Waals surface area (Å²) < 4.78 is 0. The minimum atomic E-state index is 0.432. The van der Waals surface area contributed by atoms with Crippen LogP contribution in [0.25, 0.3) is 0 Å². The highest BCUT2D eigenvalue weighted by atomic mass is 15.5. The lowest BCUT2D eigenvalue weighted by Gasteiger charge is -2.33. The third kappa shape index (κ3) is 1.96. The molecule has 0 saturated carbocycles. The van der Waals surface area contributed by atoms with Gasteiger partial charge in [-0.2, -0.15) is 5.21 Å². The molecule has 1 aliphatic heterocycles. The number of aromatic nitrogens is 4. The fourth-order valence-electron chi connectivity index (χ4n) is 2.90. The van der Waals surface area contributed by atoms with Crippen molar-refractivity contribution >= 4 is 0 Å². The highest BCUT2D eigenvalue weighted by molar-refractivity contribution is 5.05.